The topological polar surface area (TPSA) is 105 Å². The maximum Gasteiger partial charge on any atom is 0.447 e. The first-order chi connectivity index (χ1) is 18.8. The summed E-state index contributed by atoms with van der Waals surface area (Å²) in [5.74, 6) is 6.30. The molecule has 2 aliphatic heterocycles. The van der Waals surface area contributed by atoms with Gasteiger partial charge in [0.15, 0.2) is 11.5 Å². The van der Waals surface area contributed by atoms with E-state index < -0.39 is 5.51 Å². The molecule has 39 heavy (non-hydrogen) atoms. The summed E-state index contributed by atoms with van der Waals surface area (Å²) in [5, 5.41) is 12.5. The highest BCUT2D eigenvalue weighted by molar-refractivity contribution is 8.00. The zero-order valence-electron chi connectivity index (χ0n) is 21.4. The number of halogens is 3. The molecule has 0 radical (unpaired) electrons. The van der Waals surface area contributed by atoms with Crippen molar-refractivity contribution in [2.75, 3.05) is 31.3 Å². The molecule has 4 heterocycles. The number of benzene rings is 1. The second-order valence-electron chi connectivity index (χ2n) is 9.31. The van der Waals surface area contributed by atoms with Crippen LogP contribution in [0, 0.1) is 11.8 Å². The summed E-state index contributed by atoms with van der Waals surface area (Å²) in [5.41, 5.74) is -3.28. The number of carbonyl (C=O) groups excluding carboxylic acids is 1. The maximum atomic E-state index is 13.5. The van der Waals surface area contributed by atoms with E-state index in [9.17, 15) is 18.0 Å². The van der Waals surface area contributed by atoms with E-state index in [4.69, 9.17) is 4.74 Å². The minimum absolute atomic E-state index is 0.00366. The largest absolute Gasteiger partial charge is 0.495 e. The van der Waals surface area contributed by atoms with Gasteiger partial charge in [-0.2, -0.15) is 13.2 Å². The summed E-state index contributed by atoms with van der Waals surface area (Å²) >= 11 is -0.257. The molecule has 9 nitrogen and oxygen atoms in total. The Balaban J connectivity index is 1.41. The lowest BCUT2D eigenvalue weighted by atomic mass is 10.00. The van der Waals surface area contributed by atoms with Crippen molar-refractivity contribution in [2.24, 2.45) is 0 Å². The third-order valence-corrected chi connectivity index (χ3v) is 7.70. The fourth-order valence-corrected chi connectivity index (χ4v) is 5.73. The van der Waals surface area contributed by atoms with Crippen molar-refractivity contribution in [3.8, 4) is 17.6 Å². The minimum Gasteiger partial charge on any atom is -0.495 e. The molecule has 2 fully saturated rings. The molecule has 1 aromatic carbocycles. The number of ether oxygens (including phenoxy) is 1. The second-order valence-corrected chi connectivity index (χ2v) is 10.4. The molecular weight excluding hydrogens is 531 g/mol. The molecule has 13 heteroatoms. The fraction of sp³-hybridized carbons (Fsp3) is 0.423. The summed E-state index contributed by atoms with van der Waals surface area (Å²) in [6, 6.07) is 5.85. The molecule has 4 N–H and O–H groups in total. The Morgan fingerprint density at radius 2 is 2.10 bits per heavy atom. The van der Waals surface area contributed by atoms with Crippen molar-refractivity contribution in [2.45, 2.75) is 54.3 Å². The van der Waals surface area contributed by atoms with Crippen LogP contribution in [0.15, 0.2) is 35.6 Å². The summed E-state index contributed by atoms with van der Waals surface area (Å²) in [4.78, 5) is 20.8. The van der Waals surface area contributed by atoms with Crippen molar-refractivity contribution < 1.29 is 22.7 Å². The Bertz CT molecular complexity index is 1430. The monoisotopic (exact) mass is 559 g/mol. The highest BCUT2D eigenvalue weighted by Crippen LogP contribution is 2.39. The highest BCUT2D eigenvalue weighted by Gasteiger charge is 2.36. The SMILES string of the molecule is CNC(=O)c1ccc(OC)c(NCC#Cc2nc3c(N[C@@H]4CC[C@@H]5CC[C@H]4N5)nccn3c2SC(F)(F)F)c1. The van der Waals surface area contributed by atoms with E-state index >= 15 is 0 Å². The normalized spacial score (nSPS) is 20.3. The summed E-state index contributed by atoms with van der Waals surface area (Å²) in [6.45, 7) is 0.0809. The van der Waals surface area contributed by atoms with Gasteiger partial charge in [-0.25, -0.2) is 9.97 Å². The maximum absolute atomic E-state index is 13.5. The number of hydrogen-bond donors (Lipinski definition) is 4. The van der Waals surface area contributed by atoms with Crippen molar-refractivity contribution in [3.05, 3.63) is 41.9 Å². The standard InChI is InChI=1S/C26H28F3N7O2S/c1-30-24(37)15-5-10-21(38-2)20(14-15)31-11-3-4-19-25(39-26(27,28)29)36-13-12-32-22(23(36)35-19)34-18-9-7-16-6-8-17(18)33-16/h5,10,12-14,16-18,31,33H,6-9,11H2,1-2H3,(H,30,37)(H,32,34)/t16-,17+,18+/m0/s1. The molecular formula is C26H28F3N7O2S. The van der Waals surface area contributed by atoms with Crippen molar-refractivity contribution >= 4 is 34.8 Å². The van der Waals surface area contributed by atoms with Crippen LogP contribution in [0.3, 0.4) is 0 Å². The van der Waals surface area contributed by atoms with Gasteiger partial charge in [-0.1, -0.05) is 5.92 Å². The number of imidazole rings is 1. The van der Waals surface area contributed by atoms with E-state index in [1.165, 1.54) is 31.0 Å². The van der Waals surface area contributed by atoms with Crippen LogP contribution in [0.2, 0.25) is 0 Å². The fourth-order valence-electron chi connectivity index (χ4n) is 5.07. The van der Waals surface area contributed by atoms with Crippen LogP contribution < -0.4 is 26.0 Å². The zero-order chi connectivity index (χ0) is 27.6. The molecule has 0 saturated carbocycles. The van der Waals surface area contributed by atoms with E-state index in [0.717, 1.165) is 25.7 Å². The Morgan fingerprint density at radius 1 is 1.28 bits per heavy atom. The number of carbonyl (C=O) groups is 1. The highest BCUT2D eigenvalue weighted by atomic mass is 32.2. The van der Waals surface area contributed by atoms with Crippen LogP contribution in [-0.4, -0.2) is 64.6 Å². The summed E-state index contributed by atoms with van der Waals surface area (Å²) in [7, 11) is 3.03. The Morgan fingerprint density at radius 3 is 2.87 bits per heavy atom. The van der Waals surface area contributed by atoms with Crippen LogP contribution in [0.1, 0.15) is 41.7 Å². The van der Waals surface area contributed by atoms with Crippen LogP contribution in [0.4, 0.5) is 24.7 Å². The quantitative estimate of drug-likeness (QED) is 0.256. The predicted molar refractivity (Wildman–Crippen MR) is 143 cm³/mol. The molecule has 2 saturated heterocycles. The van der Waals surface area contributed by atoms with E-state index in [2.05, 4.69) is 43.1 Å². The first kappa shape index (κ1) is 27.0. The zero-order valence-corrected chi connectivity index (χ0v) is 22.2. The number of hydrogen-bond acceptors (Lipinski definition) is 8. The van der Waals surface area contributed by atoms with Gasteiger partial charge in [0.2, 0.25) is 0 Å². The minimum atomic E-state index is -4.53. The molecule has 3 atom stereocenters. The lowest BCUT2D eigenvalue weighted by Crippen LogP contribution is -2.47. The Kier molecular flexibility index (Phi) is 7.76. The first-order valence-corrected chi connectivity index (χ1v) is 13.4. The van der Waals surface area contributed by atoms with Gasteiger partial charge in [0, 0.05) is 54.9 Å². The lowest BCUT2D eigenvalue weighted by Gasteiger charge is -2.31. The smallest absolute Gasteiger partial charge is 0.447 e. The van der Waals surface area contributed by atoms with Gasteiger partial charge in [-0.05, 0) is 49.8 Å². The number of piperidine rings is 1. The van der Waals surface area contributed by atoms with Gasteiger partial charge >= 0.3 is 5.51 Å². The molecule has 5 rings (SSSR count). The van der Waals surface area contributed by atoms with Crippen molar-refractivity contribution in [1.82, 2.24) is 25.0 Å². The van der Waals surface area contributed by atoms with Gasteiger partial charge in [-0.3, -0.25) is 9.20 Å². The van der Waals surface area contributed by atoms with Crippen LogP contribution >= 0.6 is 11.8 Å². The van der Waals surface area contributed by atoms with Crippen LogP contribution in [0.5, 0.6) is 5.75 Å². The summed E-state index contributed by atoms with van der Waals surface area (Å²) in [6.07, 6.45) is 7.11. The van der Waals surface area contributed by atoms with E-state index in [1.54, 1.807) is 18.2 Å². The number of nitrogens with zero attached hydrogens (tertiary/aromatic N) is 3. The molecule has 2 bridgehead atoms. The Hall–Kier alpha value is -3.63. The number of fused-ring (bicyclic) bond motifs is 3. The number of thioether (sulfide) groups is 1. The number of amides is 1. The van der Waals surface area contributed by atoms with E-state index in [0.29, 0.717) is 40.5 Å². The molecule has 2 aromatic heterocycles. The van der Waals surface area contributed by atoms with Crippen LogP contribution in [0.25, 0.3) is 5.65 Å². The number of alkyl halides is 3. The van der Waals surface area contributed by atoms with Gasteiger partial charge in [0.25, 0.3) is 5.91 Å². The van der Waals surface area contributed by atoms with E-state index in [-0.39, 0.29) is 41.0 Å². The predicted octanol–water partition coefficient (Wildman–Crippen LogP) is 3.87. The molecule has 0 spiro atoms. The summed E-state index contributed by atoms with van der Waals surface area (Å²) < 4.78 is 47.2. The number of rotatable bonds is 7. The lowest BCUT2D eigenvalue weighted by molar-refractivity contribution is -0.0330. The molecule has 0 aliphatic carbocycles. The average molecular weight is 560 g/mol. The third kappa shape index (κ3) is 6.02. The first-order valence-electron chi connectivity index (χ1n) is 12.5. The molecule has 206 valence electrons. The molecule has 3 aromatic rings. The number of aromatic nitrogens is 3. The molecule has 0 unspecified atom stereocenters. The Labute approximate surface area is 227 Å². The second kappa shape index (κ2) is 11.2. The third-order valence-electron chi connectivity index (χ3n) is 6.88. The molecule has 2 aliphatic rings. The molecule has 1 amide bonds. The van der Waals surface area contributed by atoms with Crippen LogP contribution in [-0.2, 0) is 0 Å². The van der Waals surface area contributed by atoms with Crippen molar-refractivity contribution in [3.63, 3.8) is 0 Å². The van der Waals surface area contributed by atoms with Gasteiger partial charge in [0.05, 0.1) is 19.3 Å². The average Bonchev–Trinajstić information content (AvgIpc) is 3.47. The number of anilines is 2. The number of methoxy groups -OCH3 is 1. The van der Waals surface area contributed by atoms with E-state index in [1.807, 2.05) is 0 Å². The number of nitrogens with one attached hydrogen (secondary N) is 4. The van der Waals surface area contributed by atoms with Gasteiger partial charge < -0.3 is 26.0 Å². The van der Waals surface area contributed by atoms with Gasteiger partial charge in [-0.15, -0.1) is 0 Å². The van der Waals surface area contributed by atoms with Crippen molar-refractivity contribution in [1.29, 1.82) is 0 Å². The van der Waals surface area contributed by atoms with Gasteiger partial charge in [0.1, 0.15) is 16.5 Å².